The number of rotatable bonds is 0. The number of piperidine rings is 1. The van der Waals surface area contributed by atoms with E-state index in [2.05, 4.69) is 32.6 Å². The fraction of sp³-hybridized carbons (Fsp3) is 1.00. The molecular formula is C10H21NO. The minimum Gasteiger partial charge on any atom is -0.393 e. The molecule has 1 saturated heterocycles. The minimum absolute atomic E-state index is 0.0800. The van der Waals surface area contributed by atoms with Crippen LogP contribution in [0.25, 0.3) is 0 Å². The van der Waals surface area contributed by atoms with E-state index in [9.17, 15) is 5.11 Å². The Hall–Kier alpha value is -0.0800. The Morgan fingerprint density at radius 2 is 1.92 bits per heavy atom. The number of nitrogens with zero attached hydrogens (tertiary/aromatic N) is 1. The average molecular weight is 171 g/mol. The zero-order chi connectivity index (χ0) is 9.35. The van der Waals surface area contributed by atoms with E-state index >= 15 is 0 Å². The molecule has 1 heterocycles. The highest BCUT2D eigenvalue weighted by atomic mass is 16.3. The molecule has 2 atom stereocenters. The summed E-state index contributed by atoms with van der Waals surface area (Å²) in [6.07, 6.45) is 0.849. The van der Waals surface area contributed by atoms with E-state index in [0.29, 0.717) is 5.92 Å². The van der Waals surface area contributed by atoms with Gasteiger partial charge in [-0.05, 0) is 33.1 Å². The van der Waals surface area contributed by atoms with Gasteiger partial charge in [0.2, 0.25) is 0 Å². The maximum Gasteiger partial charge on any atom is 0.0590 e. The van der Waals surface area contributed by atoms with Crippen molar-refractivity contribution >= 4 is 0 Å². The van der Waals surface area contributed by atoms with Crippen LogP contribution in [0.5, 0.6) is 0 Å². The highest BCUT2D eigenvalue weighted by molar-refractivity contribution is 4.84. The first-order chi connectivity index (χ1) is 5.41. The zero-order valence-electron chi connectivity index (χ0n) is 8.67. The van der Waals surface area contributed by atoms with E-state index in [-0.39, 0.29) is 11.6 Å². The van der Waals surface area contributed by atoms with Crippen molar-refractivity contribution in [3.63, 3.8) is 0 Å². The highest BCUT2D eigenvalue weighted by Gasteiger charge is 2.30. The summed E-state index contributed by atoms with van der Waals surface area (Å²) in [7, 11) is 0. The first-order valence-corrected chi connectivity index (χ1v) is 4.84. The van der Waals surface area contributed by atoms with Gasteiger partial charge in [0.1, 0.15) is 0 Å². The van der Waals surface area contributed by atoms with Crippen molar-refractivity contribution < 1.29 is 5.11 Å². The third-order valence-electron chi connectivity index (χ3n) is 2.81. The largest absolute Gasteiger partial charge is 0.393 e. The van der Waals surface area contributed by atoms with Gasteiger partial charge in [0.25, 0.3) is 0 Å². The van der Waals surface area contributed by atoms with Crippen LogP contribution >= 0.6 is 0 Å². The standard InChI is InChI=1S/C10H21NO/c1-8-7-11(10(2,3)4)6-5-9(8)12/h8-9,12H,5-7H2,1-4H3. The smallest absolute Gasteiger partial charge is 0.0590 e. The lowest BCUT2D eigenvalue weighted by Crippen LogP contribution is -2.50. The SMILES string of the molecule is CC1CN(C(C)(C)C)CCC1O. The van der Waals surface area contributed by atoms with Gasteiger partial charge in [-0.25, -0.2) is 0 Å². The third-order valence-corrected chi connectivity index (χ3v) is 2.81. The van der Waals surface area contributed by atoms with Gasteiger partial charge in [-0.1, -0.05) is 6.92 Å². The predicted molar refractivity (Wildman–Crippen MR) is 51.1 cm³/mol. The lowest BCUT2D eigenvalue weighted by Gasteiger charge is -2.42. The normalized spacial score (nSPS) is 33.8. The van der Waals surface area contributed by atoms with E-state index in [1.807, 2.05) is 0 Å². The highest BCUT2D eigenvalue weighted by Crippen LogP contribution is 2.23. The van der Waals surface area contributed by atoms with Gasteiger partial charge in [0, 0.05) is 18.6 Å². The van der Waals surface area contributed by atoms with Crippen molar-refractivity contribution in [1.82, 2.24) is 4.90 Å². The van der Waals surface area contributed by atoms with Gasteiger partial charge in [-0.15, -0.1) is 0 Å². The summed E-state index contributed by atoms with van der Waals surface area (Å²) in [6, 6.07) is 0. The van der Waals surface area contributed by atoms with Gasteiger partial charge in [0.15, 0.2) is 0 Å². The predicted octanol–water partition coefficient (Wildman–Crippen LogP) is 1.49. The molecule has 0 aliphatic carbocycles. The molecular weight excluding hydrogens is 150 g/mol. The summed E-state index contributed by atoms with van der Waals surface area (Å²) in [5.74, 6) is 0.429. The Morgan fingerprint density at radius 3 is 2.33 bits per heavy atom. The van der Waals surface area contributed by atoms with E-state index in [0.717, 1.165) is 19.5 Å². The topological polar surface area (TPSA) is 23.5 Å². The molecule has 0 bridgehead atoms. The van der Waals surface area contributed by atoms with Crippen LogP contribution in [0.15, 0.2) is 0 Å². The molecule has 1 aliphatic rings. The molecule has 0 aromatic rings. The fourth-order valence-electron chi connectivity index (χ4n) is 1.74. The maximum absolute atomic E-state index is 9.53. The quantitative estimate of drug-likeness (QED) is 0.597. The van der Waals surface area contributed by atoms with Crippen LogP contribution in [0.1, 0.15) is 34.1 Å². The molecule has 2 heteroatoms. The zero-order valence-corrected chi connectivity index (χ0v) is 8.67. The van der Waals surface area contributed by atoms with Crippen molar-refractivity contribution in [2.75, 3.05) is 13.1 Å². The maximum atomic E-state index is 9.53. The Kier molecular flexibility index (Phi) is 2.79. The van der Waals surface area contributed by atoms with Crippen LogP contribution in [0.3, 0.4) is 0 Å². The molecule has 12 heavy (non-hydrogen) atoms. The molecule has 0 saturated carbocycles. The summed E-state index contributed by atoms with van der Waals surface area (Å²) in [5.41, 5.74) is 0.258. The van der Waals surface area contributed by atoms with Crippen molar-refractivity contribution in [1.29, 1.82) is 0 Å². The second kappa shape index (κ2) is 3.35. The molecule has 0 radical (unpaired) electrons. The van der Waals surface area contributed by atoms with E-state index < -0.39 is 0 Å². The molecule has 2 nitrogen and oxygen atoms in total. The molecule has 0 amide bonds. The van der Waals surface area contributed by atoms with Crippen molar-refractivity contribution in [2.24, 2.45) is 5.92 Å². The molecule has 1 aliphatic heterocycles. The van der Waals surface area contributed by atoms with E-state index in [1.165, 1.54) is 0 Å². The van der Waals surface area contributed by atoms with Crippen LogP contribution in [-0.2, 0) is 0 Å². The molecule has 72 valence electrons. The third kappa shape index (κ3) is 2.20. The van der Waals surface area contributed by atoms with Gasteiger partial charge in [-0.2, -0.15) is 0 Å². The molecule has 1 rings (SSSR count). The van der Waals surface area contributed by atoms with Crippen molar-refractivity contribution in [3.8, 4) is 0 Å². The van der Waals surface area contributed by atoms with Crippen molar-refractivity contribution in [2.45, 2.75) is 45.8 Å². The second-order valence-electron chi connectivity index (χ2n) is 4.95. The van der Waals surface area contributed by atoms with Crippen molar-refractivity contribution in [3.05, 3.63) is 0 Å². The van der Waals surface area contributed by atoms with Crippen LogP contribution in [-0.4, -0.2) is 34.7 Å². The number of hydrogen-bond donors (Lipinski definition) is 1. The summed E-state index contributed by atoms with van der Waals surface area (Å²) >= 11 is 0. The lowest BCUT2D eigenvalue weighted by molar-refractivity contribution is -0.00125. The molecule has 0 spiro atoms. The first-order valence-electron chi connectivity index (χ1n) is 4.84. The number of likely N-dealkylation sites (tertiary alicyclic amines) is 1. The molecule has 1 N–H and O–H groups in total. The van der Waals surface area contributed by atoms with E-state index in [1.54, 1.807) is 0 Å². The summed E-state index contributed by atoms with van der Waals surface area (Å²) in [6.45, 7) is 10.9. The summed E-state index contributed by atoms with van der Waals surface area (Å²) < 4.78 is 0. The lowest BCUT2D eigenvalue weighted by atomic mass is 9.92. The molecule has 1 fully saturated rings. The number of aliphatic hydroxyl groups is 1. The molecule has 2 unspecified atom stereocenters. The van der Waals surface area contributed by atoms with Gasteiger partial charge in [-0.3, -0.25) is 4.90 Å². The van der Waals surface area contributed by atoms with Crippen LogP contribution in [0.4, 0.5) is 0 Å². The Labute approximate surface area is 75.6 Å². The first kappa shape index (κ1) is 10.0. The van der Waals surface area contributed by atoms with Gasteiger partial charge in [0.05, 0.1) is 6.10 Å². The van der Waals surface area contributed by atoms with E-state index in [4.69, 9.17) is 0 Å². The van der Waals surface area contributed by atoms with Crippen LogP contribution < -0.4 is 0 Å². The van der Waals surface area contributed by atoms with Gasteiger partial charge >= 0.3 is 0 Å². The minimum atomic E-state index is -0.0800. The molecule has 0 aromatic carbocycles. The Balaban J connectivity index is 2.51. The summed E-state index contributed by atoms with van der Waals surface area (Å²) in [4.78, 5) is 2.45. The Bertz CT molecular complexity index is 150. The number of hydrogen-bond acceptors (Lipinski definition) is 2. The van der Waals surface area contributed by atoms with Crippen LogP contribution in [0.2, 0.25) is 0 Å². The monoisotopic (exact) mass is 171 g/mol. The second-order valence-corrected chi connectivity index (χ2v) is 4.95. The van der Waals surface area contributed by atoms with Gasteiger partial charge < -0.3 is 5.11 Å². The Morgan fingerprint density at radius 1 is 1.33 bits per heavy atom. The molecule has 0 aromatic heterocycles. The van der Waals surface area contributed by atoms with Crippen LogP contribution in [0, 0.1) is 5.92 Å². The fourth-order valence-corrected chi connectivity index (χ4v) is 1.74. The average Bonchev–Trinajstić information content (AvgIpc) is 1.92. The number of aliphatic hydroxyl groups excluding tert-OH is 1. The summed E-state index contributed by atoms with van der Waals surface area (Å²) in [5, 5.41) is 9.53.